The Labute approximate surface area is 157 Å². The van der Waals surface area contributed by atoms with Crippen LogP contribution in [0.5, 0.6) is 0 Å². The van der Waals surface area contributed by atoms with E-state index in [2.05, 4.69) is 11.3 Å². The number of fused-ring (bicyclic) bond motifs is 3. The molecule has 1 aliphatic carbocycles. The summed E-state index contributed by atoms with van der Waals surface area (Å²) in [6.07, 6.45) is 3.21. The predicted octanol–water partition coefficient (Wildman–Crippen LogP) is 1.31. The normalized spacial score (nSPS) is 31.3. The van der Waals surface area contributed by atoms with E-state index in [1.807, 2.05) is 0 Å². The minimum Gasteiger partial charge on any atom is -0.458 e. The number of esters is 4. The van der Waals surface area contributed by atoms with Crippen molar-refractivity contribution in [1.82, 2.24) is 0 Å². The molecule has 5 unspecified atom stereocenters. The van der Waals surface area contributed by atoms with Gasteiger partial charge in [-0.1, -0.05) is 6.58 Å². The highest BCUT2D eigenvalue weighted by Gasteiger charge is 2.48. The summed E-state index contributed by atoms with van der Waals surface area (Å²) in [5.41, 5.74) is 0.158. The third kappa shape index (κ3) is 4.67. The molecule has 2 heterocycles. The van der Waals surface area contributed by atoms with E-state index < -0.39 is 43.3 Å². The fraction of sp³-hybridized carbons (Fsp3) is 0.684. The van der Waals surface area contributed by atoms with Crippen LogP contribution >= 0.6 is 0 Å². The minimum atomic E-state index is -0.856. The highest BCUT2D eigenvalue weighted by molar-refractivity contribution is 5.88. The van der Waals surface area contributed by atoms with E-state index in [4.69, 9.17) is 14.2 Å². The molecule has 0 aromatic heterocycles. The highest BCUT2D eigenvalue weighted by atomic mass is 16.6. The summed E-state index contributed by atoms with van der Waals surface area (Å²) in [7, 11) is 0. The van der Waals surface area contributed by atoms with Crippen LogP contribution in [0.25, 0.3) is 0 Å². The average molecular weight is 380 g/mol. The fourth-order valence-corrected chi connectivity index (χ4v) is 4.15. The van der Waals surface area contributed by atoms with Gasteiger partial charge in [-0.05, 0) is 50.9 Å². The highest BCUT2D eigenvalue weighted by Crippen LogP contribution is 2.46. The molecule has 3 rings (SSSR count). The molecule has 0 radical (unpaired) electrons. The van der Waals surface area contributed by atoms with Crippen LogP contribution in [-0.4, -0.2) is 49.3 Å². The molecule has 1 saturated carbocycles. The molecule has 2 saturated heterocycles. The van der Waals surface area contributed by atoms with Crippen molar-refractivity contribution in [2.75, 3.05) is 13.2 Å². The van der Waals surface area contributed by atoms with Gasteiger partial charge >= 0.3 is 23.9 Å². The van der Waals surface area contributed by atoms with E-state index in [-0.39, 0.29) is 23.4 Å². The maximum atomic E-state index is 12.2. The molecule has 148 valence electrons. The summed E-state index contributed by atoms with van der Waals surface area (Å²) in [6, 6.07) is 0. The van der Waals surface area contributed by atoms with Gasteiger partial charge in [0.2, 0.25) is 0 Å². The zero-order valence-electron chi connectivity index (χ0n) is 15.3. The topological polar surface area (TPSA) is 105 Å². The van der Waals surface area contributed by atoms with E-state index in [1.54, 1.807) is 0 Å². The third-order valence-electron chi connectivity index (χ3n) is 5.49. The quantitative estimate of drug-likeness (QED) is 0.386. The molecule has 8 heteroatoms. The largest absolute Gasteiger partial charge is 0.458 e. The van der Waals surface area contributed by atoms with Crippen molar-refractivity contribution < 1.29 is 38.1 Å². The lowest BCUT2D eigenvalue weighted by molar-refractivity contribution is -0.173. The molecule has 0 amide bonds. The molecule has 0 aromatic rings. The standard InChI is InChI=1S/C19H24O8/c1-10(2)18(22)25-8-16(20)24-9-17(21)26-15-7-12-4-3-11-5-13(12)19(23)27-14(15)6-11/h11-15H,1,3-9H2,2H3. The molecule has 2 aliphatic heterocycles. The van der Waals surface area contributed by atoms with Crippen LogP contribution in [0.4, 0.5) is 0 Å². The van der Waals surface area contributed by atoms with Crippen molar-refractivity contribution in [2.45, 2.75) is 51.2 Å². The van der Waals surface area contributed by atoms with Gasteiger partial charge in [0.25, 0.3) is 0 Å². The Bertz CT molecular complexity index is 654. The van der Waals surface area contributed by atoms with Gasteiger partial charge < -0.3 is 18.9 Å². The van der Waals surface area contributed by atoms with Crippen LogP contribution < -0.4 is 0 Å². The smallest absolute Gasteiger partial charge is 0.344 e. The Hall–Kier alpha value is -2.38. The van der Waals surface area contributed by atoms with Gasteiger partial charge in [0, 0.05) is 5.57 Å². The van der Waals surface area contributed by atoms with Gasteiger partial charge in [-0.15, -0.1) is 0 Å². The fourth-order valence-electron chi connectivity index (χ4n) is 4.15. The number of rotatable bonds is 6. The number of carbonyl (C=O) groups is 4. The molecule has 3 fully saturated rings. The minimum absolute atomic E-state index is 0.0988. The number of hydrogen-bond donors (Lipinski definition) is 0. The second-order valence-corrected chi connectivity index (χ2v) is 7.54. The molecule has 27 heavy (non-hydrogen) atoms. The summed E-state index contributed by atoms with van der Waals surface area (Å²) in [4.78, 5) is 47.0. The van der Waals surface area contributed by atoms with Crippen LogP contribution in [-0.2, 0) is 38.1 Å². The summed E-state index contributed by atoms with van der Waals surface area (Å²) in [5.74, 6) is -1.97. The van der Waals surface area contributed by atoms with E-state index in [9.17, 15) is 19.2 Å². The van der Waals surface area contributed by atoms with Gasteiger partial charge in [0.05, 0.1) is 5.92 Å². The number of hydrogen-bond acceptors (Lipinski definition) is 8. The van der Waals surface area contributed by atoms with Gasteiger partial charge in [-0.3, -0.25) is 4.79 Å². The maximum Gasteiger partial charge on any atom is 0.344 e. The third-order valence-corrected chi connectivity index (χ3v) is 5.49. The first-order chi connectivity index (χ1) is 12.8. The summed E-state index contributed by atoms with van der Waals surface area (Å²) >= 11 is 0. The van der Waals surface area contributed by atoms with Crippen LogP contribution in [0.2, 0.25) is 0 Å². The molecule has 0 spiro atoms. The molecule has 3 bridgehead atoms. The van der Waals surface area contributed by atoms with Crippen LogP contribution in [0.15, 0.2) is 12.2 Å². The Balaban J connectivity index is 1.48. The van der Waals surface area contributed by atoms with E-state index >= 15 is 0 Å². The van der Waals surface area contributed by atoms with Gasteiger partial charge in [0.1, 0.15) is 12.2 Å². The van der Waals surface area contributed by atoms with E-state index in [0.717, 1.165) is 19.3 Å². The first-order valence-corrected chi connectivity index (χ1v) is 9.21. The summed E-state index contributed by atoms with van der Waals surface area (Å²) < 4.78 is 20.4. The predicted molar refractivity (Wildman–Crippen MR) is 90.0 cm³/mol. The van der Waals surface area contributed by atoms with Crippen molar-refractivity contribution in [3.05, 3.63) is 12.2 Å². The van der Waals surface area contributed by atoms with Crippen molar-refractivity contribution in [1.29, 1.82) is 0 Å². The average Bonchev–Trinajstić information content (AvgIpc) is 2.82. The lowest BCUT2D eigenvalue weighted by Crippen LogP contribution is -2.39. The van der Waals surface area contributed by atoms with Gasteiger partial charge in [-0.2, -0.15) is 0 Å². The summed E-state index contributed by atoms with van der Waals surface area (Å²) in [5, 5.41) is 0. The molecule has 0 aromatic carbocycles. The number of ether oxygens (including phenoxy) is 4. The molecular formula is C19H24O8. The van der Waals surface area contributed by atoms with Gasteiger partial charge in [0.15, 0.2) is 13.2 Å². The van der Waals surface area contributed by atoms with Crippen molar-refractivity contribution in [2.24, 2.45) is 17.8 Å². The first kappa shape index (κ1) is 19.4. The Morgan fingerprint density at radius 3 is 2.56 bits per heavy atom. The van der Waals surface area contributed by atoms with E-state index in [1.165, 1.54) is 6.92 Å². The monoisotopic (exact) mass is 380 g/mol. The molecule has 3 aliphatic rings. The lowest BCUT2D eigenvalue weighted by atomic mass is 9.68. The SMILES string of the molecule is C=C(C)C(=O)OCC(=O)OCC(=O)OC1CC2CCC3CC1OC(=O)C2C3. The number of carbonyl (C=O) groups excluding carboxylic acids is 4. The first-order valence-electron chi connectivity index (χ1n) is 9.21. The lowest BCUT2D eigenvalue weighted by Gasteiger charge is -2.36. The Morgan fingerprint density at radius 2 is 1.81 bits per heavy atom. The molecule has 5 atom stereocenters. The van der Waals surface area contributed by atoms with Crippen LogP contribution in [0, 0.1) is 17.8 Å². The van der Waals surface area contributed by atoms with Crippen molar-refractivity contribution >= 4 is 23.9 Å². The van der Waals surface area contributed by atoms with Crippen LogP contribution in [0.1, 0.15) is 39.0 Å². The molecule has 0 N–H and O–H groups in total. The maximum absolute atomic E-state index is 12.2. The second kappa shape index (κ2) is 8.10. The van der Waals surface area contributed by atoms with E-state index in [0.29, 0.717) is 18.8 Å². The zero-order chi connectivity index (χ0) is 19.6. The van der Waals surface area contributed by atoms with Crippen LogP contribution in [0.3, 0.4) is 0 Å². The molecular weight excluding hydrogens is 356 g/mol. The second-order valence-electron chi connectivity index (χ2n) is 7.54. The molecule has 8 nitrogen and oxygen atoms in total. The zero-order valence-corrected chi connectivity index (χ0v) is 15.3. The van der Waals surface area contributed by atoms with Crippen molar-refractivity contribution in [3.63, 3.8) is 0 Å². The Kier molecular flexibility index (Phi) is 5.82. The van der Waals surface area contributed by atoms with Gasteiger partial charge in [-0.25, -0.2) is 14.4 Å². The van der Waals surface area contributed by atoms with Crippen molar-refractivity contribution in [3.8, 4) is 0 Å². The summed E-state index contributed by atoms with van der Waals surface area (Å²) in [6.45, 7) is 3.65. The Morgan fingerprint density at radius 1 is 1.07 bits per heavy atom.